The van der Waals surface area contributed by atoms with Crippen molar-refractivity contribution in [2.75, 3.05) is 11.9 Å². The van der Waals surface area contributed by atoms with Crippen molar-refractivity contribution in [2.24, 2.45) is 5.92 Å². The molecular formula is C12H14F2N2O2. The Morgan fingerprint density at radius 2 is 2.33 bits per heavy atom. The lowest BCUT2D eigenvalue weighted by Gasteiger charge is -2.12. The minimum Gasteiger partial charge on any atom is -0.477 e. The third kappa shape index (κ3) is 3.15. The Bertz CT molecular complexity index is 451. The molecule has 1 atom stereocenters. The van der Waals surface area contributed by atoms with Crippen LogP contribution in [-0.4, -0.2) is 28.5 Å². The van der Waals surface area contributed by atoms with E-state index in [1.165, 1.54) is 6.07 Å². The van der Waals surface area contributed by atoms with Crippen LogP contribution in [0.25, 0.3) is 0 Å². The SMILES string of the molecule is O=C(O)c1cccc(NCC2CCC(F)(F)C2)n1. The van der Waals surface area contributed by atoms with E-state index in [2.05, 4.69) is 10.3 Å². The van der Waals surface area contributed by atoms with Gasteiger partial charge >= 0.3 is 5.97 Å². The normalized spacial score (nSPS) is 21.8. The van der Waals surface area contributed by atoms with E-state index < -0.39 is 11.9 Å². The Hall–Kier alpha value is -1.72. The monoisotopic (exact) mass is 256 g/mol. The van der Waals surface area contributed by atoms with E-state index in [4.69, 9.17) is 5.11 Å². The summed E-state index contributed by atoms with van der Waals surface area (Å²) in [5, 5.41) is 11.7. The zero-order valence-corrected chi connectivity index (χ0v) is 9.70. The van der Waals surface area contributed by atoms with Gasteiger partial charge in [-0.2, -0.15) is 0 Å². The lowest BCUT2D eigenvalue weighted by atomic mass is 10.1. The molecule has 1 aliphatic rings. The van der Waals surface area contributed by atoms with Gasteiger partial charge in [-0.3, -0.25) is 0 Å². The minimum atomic E-state index is -2.55. The highest BCUT2D eigenvalue weighted by Gasteiger charge is 2.39. The van der Waals surface area contributed by atoms with Crippen LogP contribution >= 0.6 is 0 Å². The van der Waals surface area contributed by atoms with Gasteiger partial charge in [0.25, 0.3) is 0 Å². The molecule has 1 aliphatic carbocycles. The maximum Gasteiger partial charge on any atom is 0.354 e. The Morgan fingerprint density at radius 1 is 1.56 bits per heavy atom. The molecule has 98 valence electrons. The number of carbonyl (C=O) groups is 1. The predicted molar refractivity (Wildman–Crippen MR) is 62.0 cm³/mol. The second kappa shape index (κ2) is 4.88. The molecule has 1 heterocycles. The van der Waals surface area contributed by atoms with Crippen molar-refractivity contribution in [3.63, 3.8) is 0 Å². The van der Waals surface area contributed by atoms with Crippen molar-refractivity contribution < 1.29 is 18.7 Å². The van der Waals surface area contributed by atoms with Crippen molar-refractivity contribution in [1.29, 1.82) is 0 Å². The second-order valence-corrected chi connectivity index (χ2v) is 4.56. The molecule has 0 radical (unpaired) electrons. The lowest BCUT2D eigenvalue weighted by Crippen LogP contribution is -2.16. The number of pyridine rings is 1. The number of nitrogens with zero attached hydrogens (tertiary/aromatic N) is 1. The molecule has 2 rings (SSSR count). The van der Waals surface area contributed by atoms with E-state index in [-0.39, 0.29) is 24.5 Å². The van der Waals surface area contributed by atoms with Gasteiger partial charge in [-0.15, -0.1) is 0 Å². The summed E-state index contributed by atoms with van der Waals surface area (Å²) in [6, 6.07) is 4.58. The van der Waals surface area contributed by atoms with Crippen LogP contribution in [0.1, 0.15) is 29.8 Å². The van der Waals surface area contributed by atoms with E-state index >= 15 is 0 Å². The fourth-order valence-corrected chi connectivity index (χ4v) is 2.12. The van der Waals surface area contributed by atoms with Crippen LogP contribution in [0.2, 0.25) is 0 Å². The van der Waals surface area contributed by atoms with Gasteiger partial charge in [-0.05, 0) is 24.5 Å². The minimum absolute atomic E-state index is 0.0586. The summed E-state index contributed by atoms with van der Waals surface area (Å²) in [5.41, 5.74) is -0.0586. The second-order valence-electron chi connectivity index (χ2n) is 4.56. The summed E-state index contributed by atoms with van der Waals surface area (Å²) < 4.78 is 25.9. The Labute approximate surface area is 103 Å². The Kier molecular flexibility index (Phi) is 3.45. The van der Waals surface area contributed by atoms with Crippen LogP contribution in [-0.2, 0) is 0 Å². The fraction of sp³-hybridized carbons (Fsp3) is 0.500. The zero-order valence-electron chi connectivity index (χ0n) is 9.70. The lowest BCUT2D eigenvalue weighted by molar-refractivity contribution is 0.00555. The van der Waals surface area contributed by atoms with Crippen LogP contribution in [0.5, 0.6) is 0 Å². The number of carboxylic acid groups (broad SMARTS) is 1. The summed E-state index contributed by atoms with van der Waals surface area (Å²) >= 11 is 0. The average molecular weight is 256 g/mol. The highest BCUT2D eigenvalue weighted by molar-refractivity contribution is 5.85. The van der Waals surface area contributed by atoms with Crippen LogP contribution < -0.4 is 5.32 Å². The smallest absolute Gasteiger partial charge is 0.354 e. The predicted octanol–water partition coefficient (Wildman–Crippen LogP) is 2.63. The highest BCUT2D eigenvalue weighted by Crippen LogP contribution is 2.38. The van der Waals surface area contributed by atoms with Crippen molar-refractivity contribution in [3.8, 4) is 0 Å². The molecular weight excluding hydrogens is 242 g/mol. The number of hydrogen-bond donors (Lipinski definition) is 2. The Morgan fingerprint density at radius 3 is 2.94 bits per heavy atom. The molecule has 18 heavy (non-hydrogen) atoms. The molecule has 1 unspecified atom stereocenters. The van der Waals surface area contributed by atoms with Gasteiger partial charge in [0.2, 0.25) is 5.92 Å². The van der Waals surface area contributed by atoms with Crippen LogP contribution in [0.3, 0.4) is 0 Å². The van der Waals surface area contributed by atoms with Crippen molar-refractivity contribution >= 4 is 11.8 Å². The molecule has 0 amide bonds. The van der Waals surface area contributed by atoms with Crippen LogP contribution in [0, 0.1) is 5.92 Å². The summed E-state index contributed by atoms with van der Waals surface area (Å²) in [6.45, 7) is 0.395. The molecule has 1 aromatic heterocycles. The van der Waals surface area contributed by atoms with Crippen LogP contribution in [0.4, 0.5) is 14.6 Å². The number of aromatic carboxylic acids is 1. The summed E-state index contributed by atoms with van der Waals surface area (Å²) in [6.07, 6.45) is 0.305. The molecule has 1 saturated carbocycles. The van der Waals surface area contributed by atoms with Crippen molar-refractivity contribution in [3.05, 3.63) is 23.9 Å². The summed E-state index contributed by atoms with van der Waals surface area (Å²) in [4.78, 5) is 14.6. The van der Waals surface area contributed by atoms with Gasteiger partial charge in [0.05, 0.1) is 0 Å². The largest absolute Gasteiger partial charge is 0.477 e. The van der Waals surface area contributed by atoms with Gasteiger partial charge in [-0.1, -0.05) is 6.07 Å². The van der Waals surface area contributed by atoms with E-state index in [0.29, 0.717) is 18.8 Å². The van der Waals surface area contributed by atoms with Gasteiger partial charge in [0.1, 0.15) is 5.82 Å². The number of rotatable bonds is 4. The summed E-state index contributed by atoms with van der Waals surface area (Å²) in [5.74, 6) is -3.34. The standard InChI is InChI=1S/C12H14F2N2O2/c13-12(14)5-4-8(6-12)7-15-10-3-1-2-9(16-10)11(17)18/h1-3,8H,4-7H2,(H,15,16)(H,17,18). The van der Waals surface area contributed by atoms with Gasteiger partial charge < -0.3 is 10.4 Å². The van der Waals surface area contributed by atoms with E-state index in [1.54, 1.807) is 12.1 Å². The highest BCUT2D eigenvalue weighted by atomic mass is 19.3. The topological polar surface area (TPSA) is 62.2 Å². The first-order valence-corrected chi connectivity index (χ1v) is 5.78. The molecule has 0 saturated heterocycles. The molecule has 1 fully saturated rings. The van der Waals surface area contributed by atoms with E-state index in [1.807, 2.05) is 0 Å². The number of anilines is 1. The van der Waals surface area contributed by atoms with Crippen molar-refractivity contribution in [2.45, 2.75) is 25.2 Å². The van der Waals surface area contributed by atoms with E-state index in [9.17, 15) is 13.6 Å². The van der Waals surface area contributed by atoms with Gasteiger partial charge in [0.15, 0.2) is 5.69 Å². The molecule has 0 spiro atoms. The number of carboxylic acids is 1. The zero-order chi connectivity index (χ0) is 13.2. The maximum absolute atomic E-state index is 13.0. The Balaban J connectivity index is 1.91. The fourth-order valence-electron chi connectivity index (χ4n) is 2.12. The van der Waals surface area contributed by atoms with Gasteiger partial charge in [-0.25, -0.2) is 18.6 Å². The number of hydrogen-bond acceptors (Lipinski definition) is 3. The molecule has 0 aromatic carbocycles. The molecule has 2 N–H and O–H groups in total. The third-order valence-electron chi connectivity index (χ3n) is 3.05. The number of aromatic nitrogens is 1. The molecule has 0 bridgehead atoms. The molecule has 4 nitrogen and oxygen atoms in total. The third-order valence-corrected chi connectivity index (χ3v) is 3.05. The quantitative estimate of drug-likeness (QED) is 0.869. The van der Waals surface area contributed by atoms with E-state index in [0.717, 1.165) is 0 Å². The van der Waals surface area contributed by atoms with Crippen LogP contribution in [0.15, 0.2) is 18.2 Å². The number of alkyl halides is 2. The molecule has 0 aliphatic heterocycles. The first-order valence-electron chi connectivity index (χ1n) is 5.78. The maximum atomic E-state index is 13.0. The van der Waals surface area contributed by atoms with Gasteiger partial charge in [0, 0.05) is 19.4 Å². The van der Waals surface area contributed by atoms with Crippen molar-refractivity contribution in [1.82, 2.24) is 4.98 Å². The number of nitrogens with one attached hydrogen (secondary N) is 1. The first-order chi connectivity index (χ1) is 8.46. The summed E-state index contributed by atoms with van der Waals surface area (Å²) in [7, 11) is 0. The molecule has 1 aromatic rings. The first kappa shape index (κ1) is 12.7. The molecule has 6 heteroatoms. The number of halogens is 2. The average Bonchev–Trinajstić information content (AvgIpc) is 2.67.